The van der Waals surface area contributed by atoms with Crippen LogP contribution in [0.3, 0.4) is 0 Å². The van der Waals surface area contributed by atoms with Gasteiger partial charge in [-0.15, -0.1) is 0 Å². The molecule has 5 rings (SSSR count). The Balaban J connectivity index is 1.60. The van der Waals surface area contributed by atoms with Crippen LogP contribution in [-0.2, 0) is 6.54 Å². The summed E-state index contributed by atoms with van der Waals surface area (Å²) in [5, 5.41) is 13.4. The fraction of sp³-hybridized carbons (Fsp3) is 0.192. The van der Waals surface area contributed by atoms with Gasteiger partial charge in [-0.25, -0.2) is 4.79 Å². The standard InChI is InChI=1S/C26H24N4O3S/c1-16-14-21(17(2)30(16)19-10-8-18(9-11-19)25(31)32)24-23(22-7-3-4-12-27-22)28-26(34)29(24)15-20-6-5-13-33-20/h3-14,23-24H,15H2,1-2H3,(H,28,34)(H,31,32)/t23-,24+/m1/s1. The predicted octanol–water partition coefficient (Wildman–Crippen LogP) is 4.95. The molecule has 1 aliphatic rings. The maximum Gasteiger partial charge on any atom is 0.335 e. The van der Waals surface area contributed by atoms with Crippen LogP contribution in [-0.4, -0.2) is 30.6 Å². The van der Waals surface area contributed by atoms with E-state index in [9.17, 15) is 9.90 Å². The van der Waals surface area contributed by atoms with E-state index in [-0.39, 0.29) is 17.6 Å². The average Bonchev–Trinajstić information content (AvgIpc) is 3.54. The Bertz CT molecular complexity index is 1330. The van der Waals surface area contributed by atoms with Gasteiger partial charge in [0.05, 0.1) is 36.1 Å². The zero-order chi connectivity index (χ0) is 23.8. The number of nitrogens with one attached hydrogen (secondary N) is 1. The molecule has 0 radical (unpaired) electrons. The molecule has 2 N–H and O–H groups in total. The summed E-state index contributed by atoms with van der Waals surface area (Å²) < 4.78 is 7.77. The molecule has 7 nitrogen and oxygen atoms in total. The fourth-order valence-electron chi connectivity index (χ4n) is 4.72. The molecule has 1 fully saturated rings. The van der Waals surface area contributed by atoms with Crippen LogP contribution < -0.4 is 5.32 Å². The summed E-state index contributed by atoms with van der Waals surface area (Å²) >= 11 is 5.77. The maximum atomic E-state index is 11.3. The molecule has 3 aromatic heterocycles. The van der Waals surface area contributed by atoms with Gasteiger partial charge < -0.3 is 24.3 Å². The second kappa shape index (κ2) is 8.79. The molecular weight excluding hydrogens is 448 g/mol. The third-order valence-electron chi connectivity index (χ3n) is 6.27. The molecule has 8 heteroatoms. The zero-order valence-electron chi connectivity index (χ0n) is 18.8. The van der Waals surface area contributed by atoms with E-state index in [1.54, 1.807) is 24.6 Å². The number of aromatic nitrogens is 2. The zero-order valence-corrected chi connectivity index (χ0v) is 19.6. The number of pyridine rings is 1. The fourth-order valence-corrected chi connectivity index (χ4v) is 5.03. The largest absolute Gasteiger partial charge is 0.478 e. The first-order valence-electron chi connectivity index (χ1n) is 11.0. The van der Waals surface area contributed by atoms with Crippen molar-refractivity contribution in [3.8, 4) is 5.69 Å². The number of thiocarbonyl (C=S) groups is 1. The van der Waals surface area contributed by atoms with Gasteiger partial charge in [0.15, 0.2) is 5.11 Å². The van der Waals surface area contributed by atoms with Gasteiger partial charge in [-0.3, -0.25) is 4.98 Å². The van der Waals surface area contributed by atoms with Crippen molar-refractivity contribution in [1.29, 1.82) is 0 Å². The molecule has 0 amide bonds. The van der Waals surface area contributed by atoms with Crippen molar-refractivity contribution >= 4 is 23.3 Å². The Labute approximate surface area is 202 Å². The van der Waals surface area contributed by atoms with E-state index in [1.807, 2.05) is 42.5 Å². The lowest BCUT2D eigenvalue weighted by Crippen LogP contribution is -2.29. The van der Waals surface area contributed by atoms with Crippen molar-refractivity contribution in [2.24, 2.45) is 0 Å². The third-order valence-corrected chi connectivity index (χ3v) is 6.62. The summed E-state index contributed by atoms with van der Waals surface area (Å²) in [5.74, 6) is -0.112. The average molecular weight is 473 g/mol. The Morgan fingerprint density at radius 1 is 1.15 bits per heavy atom. The Morgan fingerprint density at radius 2 is 1.94 bits per heavy atom. The number of carbonyl (C=O) groups is 1. The molecule has 172 valence electrons. The number of benzene rings is 1. The van der Waals surface area contributed by atoms with Crippen molar-refractivity contribution in [2.45, 2.75) is 32.5 Å². The molecule has 1 aromatic carbocycles. The molecule has 1 aliphatic heterocycles. The van der Waals surface area contributed by atoms with Gasteiger partial charge in [-0.05, 0) is 86.2 Å². The quantitative estimate of drug-likeness (QED) is 0.384. The molecular formula is C26H24N4O3S. The molecule has 0 aliphatic carbocycles. The van der Waals surface area contributed by atoms with Gasteiger partial charge in [0.2, 0.25) is 0 Å². The van der Waals surface area contributed by atoms with Crippen LogP contribution in [0, 0.1) is 13.8 Å². The Kier molecular flexibility index (Phi) is 5.67. The van der Waals surface area contributed by atoms with Gasteiger partial charge in [-0.1, -0.05) is 6.07 Å². The summed E-state index contributed by atoms with van der Waals surface area (Å²) in [5.41, 5.74) is 5.30. The molecule has 4 aromatic rings. The molecule has 34 heavy (non-hydrogen) atoms. The third kappa shape index (κ3) is 3.86. The highest BCUT2D eigenvalue weighted by Gasteiger charge is 2.41. The summed E-state index contributed by atoms with van der Waals surface area (Å²) in [6.07, 6.45) is 3.46. The minimum absolute atomic E-state index is 0.106. The minimum Gasteiger partial charge on any atom is -0.478 e. The first-order valence-corrected chi connectivity index (χ1v) is 11.4. The smallest absolute Gasteiger partial charge is 0.335 e. The highest BCUT2D eigenvalue weighted by molar-refractivity contribution is 7.80. The first-order chi connectivity index (χ1) is 16.4. The van der Waals surface area contributed by atoms with Gasteiger partial charge in [-0.2, -0.15) is 0 Å². The van der Waals surface area contributed by atoms with E-state index in [1.165, 1.54) is 0 Å². The molecule has 0 bridgehead atoms. The topological polar surface area (TPSA) is 83.5 Å². The van der Waals surface area contributed by atoms with E-state index >= 15 is 0 Å². The summed E-state index contributed by atoms with van der Waals surface area (Å²) in [6, 6.07) is 18.6. The van der Waals surface area contributed by atoms with E-state index in [2.05, 4.69) is 39.7 Å². The number of aryl methyl sites for hydroxylation is 1. The monoisotopic (exact) mass is 472 g/mol. The summed E-state index contributed by atoms with van der Waals surface area (Å²) in [7, 11) is 0. The van der Waals surface area contributed by atoms with Crippen LogP contribution in [0.2, 0.25) is 0 Å². The van der Waals surface area contributed by atoms with E-state index in [0.29, 0.717) is 11.7 Å². The number of aromatic carboxylic acids is 1. The number of furan rings is 1. The molecule has 1 saturated heterocycles. The second-order valence-corrected chi connectivity index (χ2v) is 8.73. The highest BCUT2D eigenvalue weighted by atomic mass is 32.1. The van der Waals surface area contributed by atoms with Crippen LogP contribution in [0.1, 0.15) is 50.8 Å². The lowest BCUT2D eigenvalue weighted by Gasteiger charge is -2.27. The normalized spacial score (nSPS) is 17.7. The van der Waals surface area contributed by atoms with E-state index in [4.69, 9.17) is 16.6 Å². The highest BCUT2D eigenvalue weighted by Crippen LogP contribution is 2.42. The number of hydrogen-bond acceptors (Lipinski definition) is 4. The number of nitrogens with zero attached hydrogens (tertiary/aromatic N) is 3. The van der Waals surface area contributed by atoms with E-state index in [0.717, 1.165) is 34.1 Å². The lowest BCUT2D eigenvalue weighted by molar-refractivity contribution is 0.0697. The maximum absolute atomic E-state index is 11.3. The van der Waals surface area contributed by atoms with Crippen LogP contribution in [0.5, 0.6) is 0 Å². The molecule has 2 atom stereocenters. The second-order valence-electron chi connectivity index (χ2n) is 8.35. The van der Waals surface area contributed by atoms with Gasteiger partial charge in [0, 0.05) is 23.3 Å². The van der Waals surface area contributed by atoms with Gasteiger partial charge >= 0.3 is 5.97 Å². The van der Waals surface area contributed by atoms with Crippen LogP contribution in [0.25, 0.3) is 5.69 Å². The van der Waals surface area contributed by atoms with Gasteiger partial charge in [0.1, 0.15) is 5.76 Å². The van der Waals surface area contributed by atoms with Crippen molar-refractivity contribution in [3.63, 3.8) is 0 Å². The Hall–Kier alpha value is -3.91. The van der Waals surface area contributed by atoms with Crippen molar-refractivity contribution in [1.82, 2.24) is 19.8 Å². The number of carboxylic acids is 1. The summed E-state index contributed by atoms with van der Waals surface area (Å²) in [6.45, 7) is 4.66. The predicted molar refractivity (Wildman–Crippen MR) is 132 cm³/mol. The molecule has 0 saturated carbocycles. The molecule has 0 unspecified atom stereocenters. The van der Waals surface area contributed by atoms with Crippen LogP contribution >= 0.6 is 12.2 Å². The number of hydrogen-bond donors (Lipinski definition) is 2. The van der Waals surface area contributed by atoms with Crippen LogP contribution in [0.4, 0.5) is 0 Å². The number of rotatable bonds is 6. The summed E-state index contributed by atoms with van der Waals surface area (Å²) in [4.78, 5) is 18.0. The van der Waals surface area contributed by atoms with E-state index < -0.39 is 5.97 Å². The van der Waals surface area contributed by atoms with Crippen molar-refractivity contribution < 1.29 is 14.3 Å². The van der Waals surface area contributed by atoms with Crippen molar-refractivity contribution in [3.05, 3.63) is 107 Å². The van der Waals surface area contributed by atoms with Crippen molar-refractivity contribution in [2.75, 3.05) is 0 Å². The first kappa shape index (κ1) is 21.9. The minimum atomic E-state index is -0.939. The SMILES string of the molecule is Cc1cc([C@H]2[C@@H](c3ccccn3)NC(=S)N2Cc2ccco2)c(C)n1-c1ccc(C(=O)O)cc1. The molecule has 0 spiro atoms. The molecule has 4 heterocycles. The van der Waals surface area contributed by atoms with Gasteiger partial charge in [0.25, 0.3) is 0 Å². The Morgan fingerprint density at radius 3 is 2.59 bits per heavy atom. The lowest BCUT2D eigenvalue weighted by atomic mass is 9.96. The number of carboxylic acid groups (broad SMARTS) is 1. The van der Waals surface area contributed by atoms with Crippen LogP contribution in [0.15, 0.2) is 77.5 Å².